The van der Waals surface area contributed by atoms with Crippen LogP contribution >= 0.6 is 0 Å². The Hall–Kier alpha value is -1.56. The molecule has 0 bridgehead atoms. The van der Waals surface area contributed by atoms with Crippen molar-refractivity contribution in [2.45, 2.75) is 27.2 Å². The number of rotatable bonds is 1. The molecule has 1 aromatic carbocycles. The van der Waals surface area contributed by atoms with Crippen molar-refractivity contribution >= 4 is 6.08 Å². The van der Waals surface area contributed by atoms with Crippen molar-refractivity contribution in [1.82, 2.24) is 0 Å². The molecule has 0 amide bonds. The molecule has 0 atom stereocenters. The van der Waals surface area contributed by atoms with Gasteiger partial charge in [-0.15, -0.1) is 0 Å². The van der Waals surface area contributed by atoms with Crippen molar-refractivity contribution in [3.8, 4) is 0 Å². The van der Waals surface area contributed by atoms with Crippen LogP contribution in [0.25, 0.3) is 6.08 Å². The van der Waals surface area contributed by atoms with Gasteiger partial charge in [0.2, 0.25) is 0 Å². The Morgan fingerprint density at radius 3 is 2.62 bits per heavy atom. The Morgan fingerprint density at radius 1 is 1.12 bits per heavy atom. The average Bonchev–Trinajstić information content (AvgIpc) is 2.22. The largest absolute Gasteiger partial charge is 0.0799 e. The van der Waals surface area contributed by atoms with Gasteiger partial charge < -0.3 is 0 Å². The van der Waals surface area contributed by atoms with Gasteiger partial charge in [-0.1, -0.05) is 53.6 Å². The molecule has 1 aliphatic carbocycles. The van der Waals surface area contributed by atoms with E-state index < -0.39 is 0 Å². The SMILES string of the molecule is CC1=C/C(=C/c2ccc(C)cc2C)CC=C1. The first kappa shape index (κ1) is 10.9. The Kier molecular flexibility index (Phi) is 3.09. The number of hydrogen-bond acceptors (Lipinski definition) is 0. The van der Waals surface area contributed by atoms with Crippen LogP contribution in [-0.2, 0) is 0 Å². The highest BCUT2D eigenvalue weighted by molar-refractivity contribution is 5.61. The molecule has 0 N–H and O–H groups in total. The molecule has 0 heterocycles. The summed E-state index contributed by atoms with van der Waals surface area (Å²) in [5.74, 6) is 0. The van der Waals surface area contributed by atoms with Crippen molar-refractivity contribution in [3.63, 3.8) is 0 Å². The van der Waals surface area contributed by atoms with E-state index in [0.717, 1.165) is 6.42 Å². The van der Waals surface area contributed by atoms with Gasteiger partial charge in [0.25, 0.3) is 0 Å². The molecule has 0 nitrogen and oxygen atoms in total. The molecular weight excluding hydrogens is 192 g/mol. The maximum absolute atomic E-state index is 2.29. The highest BCUT2D eigenvalue weighted by atomic mass is 14.1. The highest BCUT2D eigenvalue weighted by Gasteiger charge is 2.00. The molecule has 2 rings (SSSR count). The van der Waals surface area contributed by atoms with E-state index in [1.54, 1.807) is 0 Å². The fraction of sp³-hybridized carbons (Fsp3) is 0.250. The van der Waals surface area contributed by atoms with E-state index in [1.807, 2.05) is 0 Å². The molecule has 0 aromatic heterocycles. The van der Waals surface area contributed by atoms with Crippen molar-refractivity contribution < 1.29 is 0 Å². The quantitative estimate of drug-likeness (QED) is 0.635. The lowest BCUT2D eigenvalue weighted by Gasteiger charge is -2.08. The van der Waals surface area contributed by atoms with Crippen LogP contribution in [0.3, 0.4) is 0 Å². The molecule has 1 aliphatic rings. The summed E-state index contributed by atoms with van der Waals surface area (Å²) in [6.07, 6.45) is 10.0. The molecular formula is C16H18. The second-order valence-corrected chi connectivity index (χ2v) is 4.57. The maximum atomic E-state index is 2.29. The van der Waals surface area contributed by atoms with Crippen LogP contribution in [0.5, 0.6) is 0 Å². The van der Waals surface area contributed by atoms with Crippen LogP contribution in [0.1, 0.15) is 30.0 Å². The molecule has 0 fully saturated rings. The average molecular weight is 210 g/mol. The summed E-state index contributed by atoms with van der Waals surface area (Å²) in [4.78, 5) is 0. The zero-order valence-corrected chi connectivity index (χ0v) is 10.2. The fourth-order valence-corrected chi connectivity index (χ4v) is 2.07. The third kappa shape index (κ3) is 2.52. The fourth-order valence-electron chi connectivity index (χ4n) is 2.07. The lowest BCUT2D eigenvalue weighted by molar-refractivity contribution is 1.24. The molecule has 1 aromatic rings. The highest BCUT2D eigenvalue weighted by Crippen LogP contribution is 2.20. The van der Waals surface area contributed by atoms with Crippen LogP contribution in [0.15, 0.2) is 47.6 Å². The van der Waals surface area contributed by atoms with E-state index in [9.17, 15) is 0 Å². The lowest BCUT2D eigenvalue weighted by atomic mass is 9.98. The van der Waals surface area contributed by atoms with Crippen LogP contribution in [-0.4, -0.2) is 0 Å². The van der Waals surface area contributed by atoms with E-state index in [2.05, 4.69) is 63.3 Å². The van der Waals surface area contributed by atoms with Gasteiger partial charge in [0.1, 0.15) is 0 Å². The van der Waals surface area contributed by atoms with E-state index in [0.29, 0.717) is 0 Å². The molecule has 0 saturated carbocycles. The smallest absolute Gasteiger partial charge is 0.00939 e. The minimum atomic E-state index is 1.05. The summed E-state index contributed by atoms with van der Waals surface area (Å²) >= 11 is 0. The minimum Gasteiger partial charge on any atom is -0.0799 e. The first-order valence-electron chi connectivity index (χ1n) is 5.78. The second kappa shape index (κ2) is 4.52. The van der Waals surface area contributed by atoms with Crippen LogP contribution in [0, 0.1) is 13.8 Å². The first-order valence-corrected chi connectivity index (χ1v) is 5.78. The second-order valence-electron chi connectivity index (χ2n) is 4.57. The number of allylic oxidation sites excluding steroid dienone is 5. The zero-order valence-electron chi connectivity index (χ0n) is 10.2. The van der Waals surface area contributed by atoms with Gasteiger partial charge in [-0.2, -0.15) is 0 Å². The topological polar surface area (TPSA) is 0 Å². The molecule has 0 unspecified atom stereocenters. The van der Waals surface area contributed by atoms with E-state index >= 15 is 0 Å². The number of hydrogen-bond donors (Lipinski definition) is 0. The maximum Gasteiger partial charge on any atom is -0.00939 e. The van der Waals surface area contributed by atoms with E-state index in [4.69, 9.17) is 0 Å². The van der Waals surface area contributed by atoms with Crippen molar-refractivity contribution in [2.24, 2.45) is 0 Å². The van der Waals surface area contributed by atoms with Crippen molar-refractivity contribution in [1.29, 1.82) is 0 Å². The van der Waals surface area contributed by atoms with Crippen molar-refractivity contribution in [2.75, 3.05) is 0 Å². The summed E-state index contributed by atoms with van der Waals surface area (Å²) in [6.45, 7) is 6.46. The van der Waals surface area contributed by atoms with Crippen LogP contribution in [0.4, 0.5) is 0 Å². The molecule has 0 radical (unpaired) electrons. The predicted octanol–water partition coefficient (Wildman–Crippen LogP) is 4.59. The van der Waals surface area contributed by atoms with Crippen LogP contribution in [0.2, 0.25) is 0 Å². The van der Waals surface area contributed by atoms with Crippen LogP contribution < -0.4 is 0 Å². The van der Waals surface area contributed by atoms with Gasteiger partial charge in [0.05, 0.1) is 0 Å². The Balaban J connectivity index is 2.33. The predicted molar refractivity (Wildman–Crippen MR) is 71.4 cm³/mol. The number of benzene rings is 1. The lowest BCUT2D eigenvalue weighted by Crippen LogP contribution is -1.88. The van der Waals surface area contributed by atoms with Gasteiger partial charge in [0.15, 0.2) is 0 Å². The normalized spacial score (nSPS) is 17.7. The molecule has 16 heavy (non-hydrogen) atoms. The van der Waals surface area contributed by atoms with E-state index in [1.165, 1.54) is 27.8 Å². The zero-order chi connectivity index (χ0) is 11.5. The monoisotopic (exact) mass is 210 g/mol. The standard InChI is InChI=1S/C16H18/c1-12-5-4-6-15(10-12)11-16-8-7-13(2)9-14(16)3/h4-5,7-11H,6H2,1-3H3/b15-11+. The Bertz CT molecular complexity index is 485. The first-order chi connectivity index (χ1) is 7.65. The van der Waals surface area contributed by atoms with Gasteiger partial charge in [-0.05, 0) is 43.9 Å². The molecule has 82 valence electrons. The Labute approximate surface area is 98.0 Å². The summed E-state index contributed by atoms with van der Waals surface area (Å²) in [7, 11) is 0. The summed E-state index contributed by atoms with van der Waals surface area (Å²) < 4.78 is 0. The Morgan fingerprint density at radius 2 is 1.94 bits per heavy atom. The third-order valence-corrected chi connectivity index (χ3v) is 2.91. The minimum absolute atomic E-state index is 1.05. The van der Waals surface area contributed by atoms with E-state index in [-0.39, 0.29) is 0 Å². The van der Waals surface area contributed by atoms with Gasteiger partial charge in [-0.25, -0.2) is 0 Å². The van der Waals surface area contributed by atoms with Gasteiger partial charge in [0, 0.05) is 0 Å². The molecule has 0 heteroatoms. The summed E-state index contributed by atoms with van der Waals surface area (Å²) in [6, 6.07) is 6.62. The van der Waals surface area contributed by atoms with Crippen molar-refractivity contribution in [3.05, 3.63) is 64.3 Å². The third-order valence-electron chi connectivity index (χ3n) is 2.91. The molecule has 0 saturated heterocycles. The molecule has 0 spiro atoms. The summed E-state index contributed by atoms with van der Waals surface area (Å²) in [5, 5.41) is 0. The molecule has 0 aliphatic heterocycles. The number of aryl methyl sites for hydroxylation is 2. The van der Waals surface area contributed by atoms with Gasteiger partial charge >= 0.3 is 0 Å². The van der Waals surface area contributed by atoms with Gasteiger partial charge in [-0.3, -0.25) is 0 Å². The summed E-state index contributed by atoms with van der Waals surface area (Å²) in [5.41, 5.74) is 6.75.